The first kappa shape index (κ1) is 14.5. The first-order valence-electron chi connectivity index (χ1n) is 7.27. The van der Waals surface area contributed by atoms with Crippen molar-refractivity contribution in [2.45, 2.75) is 19.4 Å². The van der Waals surface area contributed by atoms with Crippen LogP contribution in [0.5, 0.6) is 5.75 Å². The summed E-state index contributed by atoms with van der Waals surface area (Å²) in [5.41, 5.74) is 3.04. The van der Waals surface area contributed by atoms with E-state index >= 15 is 0 Å². The summed E-state index contributed by atoms with van der Waals surface area (Å²) in [5.74, 6) is 1.05. The standard InChI is InChI=1S/C16H19FN2OS/c17-14-3-5-16(6-4-14)20-10-13-2-1-7-19(8-13)9-15-11-21-12-18-15/h3-6,11-13H,1-2,7-10H2. The van der Waals surface area contributed by atoms with Crippen LogP contribution in [0.15, 0.2) is 35.2 Å². The molecule has 0 bridgehead atoms. The SMILES string of the molecule is Fc1ccc(OCC2CCCN(Cc3cscn3)C2)cc1. The van der Waals surface area contributed by atoms with E-state index in [0.717, 1.165) is 31.1 Å². The highest BCUT2D eigenvalue weighted by molar-refractivity contribution is 7.07. The zero-order chi connectivity index (χ0) is 14.5. The van der Waals surface area contributed by atoms with Crippen molar-refractivity contribution in [1.29, 1.82) is 0 Å². The second-order valence-corrected chi connectivity index (χ2v) is 6.21. The molecule has 0 radical (unpaired) electrons. The van der Waals surface area contributed by atoms with Crippen LogP contribution in [0.2, 0.25) is 0 Å². The Morgan fingerprint density at radius 3 is 2.95 bits per heavy atom. The molecule has 0 aliphatic carbocycles. The van der Waals surface area contributed by atoms with Crippen molar-refractivity contribution in [2.24, 2.45) is 5.92 Å². The fourth-order valence-electron chi connectivity index (χ4n) is 2.72. The largest absolute Gasteiger partial charge is 0.493 e. The molecule has 1 aliphatic rings. The molecule has 1 fully saturated rings. The van der Waals surface area contributed by atoms with Crippen molar-refractivity contribution >= 4 is 11.3 Å². The molecule has 0 amide bonds. The molecule has 0 saturated carbocycles. The van der Waals surface area contributed by atoms with Crippen LogP contribution in [-0.4, -0.2) is 29.6 Å². The molecule has 1 aromatic carbocycles. The number of hydrogen-bond donors (Lipinski definition) is 0. The van der Waals surface area contributed by atoms with Crippen LogP contribution in [0, 0.1) is 11.7 Å². The molecule has 3 rings (SSSR count). The maximum Gasteiger partial charge on any atom is 0.123 e. The molecule has 2 aromatic rings. The van der Waals surface area contributed by atoms with Gasteiger partial charge in [0.2, 0.25) is 0 Å². The second kappa shape index (κ2) is 7.00. The number of aromatic nitrogens is 1. The molecule has 1 atom stereocenters. The van der Waals surface area contributed by atoms with Crippen molar-refractivity contribution in [3.05, 3.63) is 46.7 Å². The maximum absolute atomic E-state index is 12.8. The first-order chi connectivity index (χ1) is 10.3. The van der Waals surface area contributed by atoms with Gasteiger partial charge in [0, 0.05) is 24.4 Å². The van der Waals surface area contributed by atoms with Crippen molar-refractivity contribution in [3.8, 4) is 5.75 Å². The minimum atomic E-state index is -0.227. The third-order valence-electron chi connectivity index (χ3n) is 3.77. The highest BCUT2D eigenvalue weighted by atomic mass is 32.1. The van der Waals surface area contributed by atoms with E-state index in [0.29, 0.717) is 12.5 Å². The smallest absolute Gasteiger partial charge is 0.123 e. The van der Waals surface area contributed by atoms with Gasteiger partial charge in [-0.05, 0) is 43.7 Å². The van der Waals surface area contributed by atoms with E-state index in [9.17, 15) is 4.39 Å². The topological polar surface area (TPSA) is 25.4 Å². The number of hydrogen-bond acceptors (Lipinski definition) is 4. The molecule has 1 unspecified atom stereocenters. The monoisotopic (exact) mass is 306 g/mol. The molecule has 1 aromatic heterocycles. The Morgan fingerprint density at radius 1 is 1.33 bits per heavy atom. The fourth-order valence-corrected chi connectivity index (χ4v) is 3.27. The van der Waals surface area contributed by atoms with E-state index in [4.69, 9.17) is 4.74 Å². The molecule has 21 heavy (non-hydrogen) atoms. The Kier molecular flexibility index (Phi) is 4.83. The van der Waals surface area contributed by atoms with E-state index in [2.05, 4.69) is 15.3 Å². The Bertz CT molecular complexity index is 544. The molecule has 5 heteroatoms. The van der Waals surface area contributed by atoms with Crippen LogP contribution in [0.3, 0.4) is 0 Å². The average molecular weight is 306 g/mol. The van der Waals surface area contributed by atoms with Gasteiger partial charge < -0.3 is 4.74 Å². The lowest BCUT2D eigenvalue weighted by Crippen LogP contribution is -2.37. The quantitative estimate of drug-likeness (QED) is 0.844. The summed E-state index contributed by atoms with van der Waals surface area (Å²) in [4.78, 5) is 6.79. The molecule has 1 saturated heterocycles. The number of nitrogens with zero attached hydrogens (tertiary/aromatic N) is 2. The van der Waals surface area contributed by atoms with Crippen molar-refractivity contribution < 1.29 is 9.13 Å². The number of piperidine rings is 1. The lowest BCUT2D eigenvalue weighted by molar-refractivity contribution is 0.124. The van der Waals surface area contributed by atoms with Gasteiger partial charge in [0.25, 0.3) is 0 Å². The normalized spacial score (nSPS) is 19.6. The number of likely N-dealkylation sites (tertiary alicyclic amines) is 1. The molecule has 112 valence electrons. The zero-order valence-corrected chi connectivity index (χ0v) is 12.7. The summed E-state index contributed by atoms with van der Waals surface area (Å²) >= 11 is 1.64. The van der Waals surface area contributed by atoms with Gasteiger partial charge >= 0.3 is 0 Å². The summed E-state index contributed by atoms with van der Waals surface area (Å²) in [5, 5.41) is 2.11. The van der Waals surface area contributed by atoms with Crippen LogP contribution >= 0.6 is 11.3 Å². The zero-order valence-electron chi connectivity index (χ0n) is 11.9. The summed E-state index contributed by atoms with van der Waals surface area (Å²) in [7, 11) is 0. The average Bonchev–Trinajstić information content (AvgIpc) is 3.00. The van der Waals surface area contributed by atoms with Gasteiger partial charge in [-0.2, -0.15) is 0 Å². The molecular weight excluding hydrogens is 287 g/mol. The van der Waals surface area contributed by atoms with E-state index in [-0.39, 0.29) is 5.82 Å². The predicted molar refractivity (Wildman–Crippen MR) is 82.0 cm³/mol. The number of thiazole rings is 1. The number of halogens is 1. The Balaban J connectivity index is 1.48. The van der Waals surface area contributed by atoms with Gasteiger partial charge in [-0.3, -0.25) is 4.90 Å². The van der Waals surface area contributed by atoms with Gasteiger partial charge in [-0.15, -0.1) is 11.3 Å². The van der Waals surface area contributed by atoms with Crippen molar-refractivity contribution in [2.75, 3.05) is 19.7 Å². The minimum absolute atomic E-state index is 0.227. The Hall–Kier alpha value is -1.46. The minimum Gasteiger partial charge on any atom is -0.493 e. The summed E-state index contributed by atoms with van der Waals surface area (Å²) < 4.78 is 18.6. The summed E-state index contributed by atoms with van der Waals surface area (Å²) in [6.07, 6.45) is 2.39. The second-order valence-electron chi connectivity index (χ2n) is 5.49. The molecule has 3 nitrogen and oxygen atoms in total. The highest BCUT2D eigenvalue weighted by Crippen LogP contribution is 2.20. The number of ether oxygens (including phenoxy) is 1. The number of rotatable bonds is 5. The van der Waals surface area contributed by atoms with Gasteiger partial charge in [0.05, 0.1) is 17.8 Å². The van der Waals surface area contributed by atoms with Gasteiger partial charge in [0.15, 0.2) is 0 Å². The van der Waals surface area contributed by atoms with E-state index in [1.165, 1.54) is 25.0 Å². The lowest BCUT2D eigenvalue weighted by atomic mass is 9.99. The third kappa shape index (κ3) is 4.25. The van der Waals surface area contributed by atoms with Crippen LogP contribution in [0.4, 0.5) is 4.39 Å². The van der Waals surface area contributed by atoms with Crippen LogP contribution in [0.25, 0.3) is 0 Å². The highest BCUT2D eigenvalue weighted by Gasteiger charge is 2.21. The third-order valence-corrected chi connectivity index (χ3v) is 4.41. The molecule has 0 spiro atoms. The van der Waals surface area contributed by atoms with E-state index in [1.807, 2.05) is 5.51 Å². The van der Waals surface area contributed by atoms with Crippen LogP contribution < -0.4 is 4.74 Å². The van der Waals surface area contributed by atoms with Crippen LogP contribution in [-0.2, 0) is 6.54 Å². The Labute approximate surface area is 128 Å². The van der Waals surface area contributed by atoms with Crippen molar-refractivity contribution in [3.63, 3.8) is 0 Å². The fraction of sp³-hybridized carbons (Fsp3) is 0.438. The molecule has 2 heterocycles. The maximum atomic E-state index is 12.8. The van der Waals surface area contributed by atoms with Crippen molar-refractivity contribution in [1.82, 2.24) is 9.88 Å². The lowest BCUT2D eigenvalue weighted by Gasteiger charge is -2.32. The summed E-state index contributed by atoms with van der Waals surface area (Å²) in [6.45, 7) is 3.79. The molecule has 0 N–H and O–H groups in total. The first-order valence-corrected chi connectivity index (χ1v) is 8.21. The summed E-state index contributed by atoms with van der Waals surface area (Å²) in [6, 6.07) is 6.24. The van der Waals surface area contributed by atoms with E-state index < -0.39 is 0 Å². The Morgan fingerprint density at radius 2 is 2.19 bits per heavy atom. The van der Waals surface area contributed by atoms with Gasteiger partial charge in [-0.1, -0.05) is 0 Å². The number of benzene rings is 1. The van der Waals surface area contributed by atoms with Gasteiger partial charge in [-0.25, -0.2) is 9.37 Å². The molecular formula is C16H19FN2OS. The predicted octanol–water partition coefficient (Wildman–Crippen LogP) is 3.57. The molecule has 1 aliphatic heterocycles. The van der Waals surface area contributed by atoms with E-state index in [1.54, 1.807) is 23.5 Å². The van der Waals surface area contributed by atoms with Gasteiger partial charge in [0.1, 0.15) is 11.6 Å². The van der Waals surface area contributed by atoms with Crippen LogP contribution in [0.1, 0.15) is 18.5 Å².